The molecule has 0 saturated carbocycles. The maximum atomic E-state index is 9.27. The van der Waals surface area contributed by atoms with Crippen molar-refractivity contribution in [3.63, 3.8) is 0 Å². The van der Waals surface area contributed by atoms with Crippen molar-refractivity contribution in [1.82, 2.24) is 9.97 Å². The second-order valence-electron chi connectivity index (χ2n) is 2.42. The van der Waals surface area contributed by atoms with Crippen LogP contribution in [0, 0.1) is 6.92 Å². The van der Waals surface area contributed by atoms with E-state index in [1.54, 1.807) is 6.92 Å². The molecule has 4 nitrogen and oxygen atoms in total. The Bertz CT molecular complexity index is 279. The van der Waals surface area contributed by atoms with Gasteiger partial charge in [0.15, 0.2) is 0 Å². The standard InChI is InChI=1S/C7H10ClN3O/c1-4-7(8)10-3-5(11-4)6(12)2-9/h3,6,12H,2,9H2,1H3. The third-order valence-corrected chi connectivity index (χ3v) is 1.84. The number of rotatable bonds is 2. The summed E-state index contributed by atoms with van der Waals surface area (Å²) in [6, 6.07) is 0. The molecule has 1 heterocycles. The smallest absolute Gasteiger partial charge is 0.150 e. The summed E-state index contributed by atoms with van der Waals surface area (Å²) in [7, 11) is 0. The molecular weight excluding hydrogens is 178 g/mol. The predicted molar refractivity (Wildman–Crippen MR) is 45.8 cm³/mol. The molecule has 0 amide bonds. The van der Waals surface area contributed by atoms with Gasteiger partial charge in [0, 0.05) is 6.54 Å². The normalized spacial score (nSPS) is 13.0. The summed E-state index contributed by atoms with van der Waals surface area (Å²) in [4.78, 5) is 7.85. The lowest BCUT2D eigenvalue weighted by atomic mass is 10.2. The SMILES string of the molecule is Cc1nc(C(O)CN)cnc1Cl. The van der Waals surface area contributed by atoms with Crippen LogP contribution in [0.2, 0.25) is 5.15 Å². The molecule has 1 unspecified atom stereocenters. The van der Waals surface area contributed by atoms with Crippen LogP contribution in [0.15, 0.2) is 6.20 Å². The van der Waals surface area contributed by atoms with Gasteiger partial charge in [0.2, 0.25) is 0 Å². The number of halogens is 1. The number of hydrogen-bond donors (Lipinski definition) is 2. The van der Waals surface area contributed by atoms with E-state index in [4.69, 9.17) is 17.3 Å². The van der Waals surface area contributed by atoms with Crippen molar-refractivity contribution < 1.29 is 5.11 Å². The van der Waals surface area contributed by atoms with Crippen molar-refractivity contribution in [2.75, 3.05) is 6.54 Å². The van der Waals surface area contributed by atoms with Gasteiger partial charge >= 0.3 is 0 Å². The van der Waals surface area contributed by atoms with Crippen LogP contribution >= 0.6 is 11.6 Å². The van der Waals surface area contributed by atoms with Crippen molar-refractivity contribution in [3.8, 4) is 0 Å². The Morgan fingerprint density at radius 1 is 1.75 bits per heavy atom. The lowest BCUT2D eigenvalue weighted by Gasteiger charge is -2.06. The first-order valence-electron chi connectivity index (χ1n) is 3.52. The molecule has 0 saturated heterocycles. The lowest BCUT2D eigenvalue weighted by Crippen LogP contribution is -2.13. The number of nitrogens with two attached hydrogens (primary N) is 1. The number of aliphatic hydroxyl groups is 1. The molecule has 0 bridgehead atoms. The summed E-state index contributed by atoms with van der Waals surface area (Å²) in [6.45, 7) is 1.86. The highest BCUT2D eigenvalue weighted by atomic mass is 35.5. The molecule has 1 atom stereocenters. The average Bonchev–Trinajstić information content (AvgIpc) is 2.08. The van der Waals surface area contributed by atoms with Crippen molar-refractivity contribution >= 4 is 11.6 Å². The van der Waals surface area contributed by atoms with Gasteiger partial charge in [0.05, 0.1) is 17.6 Å². The number of aliphatic hydroxyl groups excluding tert-OH is 1. The van der Waals surface area contributed by atoms with E-state index in [1.807, 2.05) is 0 Å². The first kappa shape index (κ1) is 9.38. The van der Waals surface area contributed by atoms with Gasteiger partial charge in [0.1, 0.15) is 11.3 Å². The molecular formula is C7H10ClN3O. The number of aromatic nitrogens is 2. The maximum absolute atomic E-state index is 9.27. The fourth-order valence-electron chi connectivity index (χ4n) is 0.766. The van der Waals surface area contributed by atoms with E-state index >= 15 is 0 Å². The van der Waals surface area contributed by atoms with Gasteiger partial charge in [-0.3, -0.25) is 4.98 Å². The average molecular weight is 188 g/mol. The molecule has 12 heavy (non-hydrogen) atoms. The quantitative estimate of drug-likeness (QED) is 0.705. The van der Waals surface area contributed by atoms with Gasteiger partial charge in [0.25, 0.3) is 0 Å². The molecule has 5 heteroatoms. The van der Waals surface area contributed by atoms with Crippen molar-refractivity contribution in [3.05, 3.63) is 22.7 Å². The fraction of sp³-hybridized carbons (Fsp3) is 0.429. The first-order valence-corrected chi connectivity index (χ1v) is 3.90. The maximum Gasteiger partial charge on any atom is 0.150 e. The highest BCUT2D eigenvalue weighted by molar-refractivity contribution is 6.29. The Hall–Kier alpha value is -0.710. The fourth-order valence-corrected chi connectivity index (χ4v) is 0.857. The summed E-state index contributed by atoms with van der Waals surface area (Å²) in [6.07, 6.45) is 0.667. The molecule has 1 aromatic heterocycles. The highest BCUT2D eigenvalue weighted by Gasteiger charge is 2.08. The van der Waals surface area contributed by atoms with Gasteiger partial charge in [-0.25, -0.2) is 4.98 Å². The van der Waals surface area contributed by atoms with E-state index < -0.39 is 6.10 Å². The predicted octanol–water partition coefficient (Wildman–Crippen LogP) is 0.431. The van der Waals surface area contributed by atoms with Crippen LogP contribution in [0.1, 0.15) is 17.5 Å². The van der Waals surface area contributed by atoms with E-state index in [0.29, 0.717) is 16.5 Å². The zero-order valence-corrected chi connectivity index (χ0v) is 7.41. The molecule has 0 aliphatic heterocycles. The van der Waals surface area contributed by atoms with E-state index in [0.717, 1.165) is 0 Å². The zero-order valence-electron chi connectivity index (χ0n) is 6.66. The van der Waals surface area contributed by atoms with Gasteiger partial charge in [-0.05, 0) is 6.92 Å². The lowest BCUT2D eigenvalue weighted by molar-refractivity contribution is 0.181. The minimum Gasteiger partial charge on any atom is -0.385 e. The summed E-state index contributed by atoms with van der Waals surface area (Å²) in [5.41, 5.74) is 6.30. The molecule has 0 fully saturated rings. The first-order chi connectivity index (χ1) is 5.65. The van der Waals surface area contributed by atoms with Crippen LogP contribution in [0.3, 0.4) is 0 Å². The molecule has 0 spiro atoms. The van der Waals surface area contributed by atoms with Crippen molar-refractivity contribution in [2.45, 2.75) is 13.0 Å². The Morgan fingerprint density at radius 3 is 2.92 bits per heavy atom. The van der Waals surface area contributed by atoms with Gasteiger partial charge in [-0.1, -0.05) is 11.6 Å². The minimum atomic E-state index is -0.756. The van der Waals surface area contributed by atoms with Gasteiger partial charge in [-0.2, -0.15) is 0 Å². The second kappa shape index (κ2) is 3.80. The van der Waals surface area contributed by atoms with Crippen LogP contribution in [-0.4, -0.2) is 21.6 Å². The van der Waals surface area contributed by atoms with E-state index in [1.165, 1.54) is 6.20 Å². The van der Waals surface area contributed by atoms with Gasteiger partial charge < -0.3 is 10.8 Å². The van der Waals surface area contributed by atoms with E-state index in [9.17, 15) is 5.11 Å². The molecule has 3 N–H and O–H groups in total. The summed E-state index contributed by atoms with van der Waals surface area (Å²) < 4.78 is 0. The largest absolute Gasteiger partial charge is 0.385 e. The monoisotopic (exact) mass is 187 g/mol. The van der Waals surface area contributed by atoms with Crippen LogP contribution in [-0.2, 0) is 0 Å². The molecule has 0 aromatic carbocycles. The van der Waals surface area contributed by atoms with Gasteiger partial charge in [-0.15, -0.1) is 0 Å². The van der Waals surface area contributed by atoms with E-state index in [-0.39, 0.29) is 6.54 Å². The molecule has 0 radical (unpaired) electrons. The molecule has 0 aliphatic carbocycles. The highest BCUT2D eigenvalue weighted by Crippen LogP contribution is 2.12. The minimum absolute atomic E-state index is 0.135. The number of hydrogen-bond acceptors (Lipinski definition) is 4. The topological polar surface area (TPSA) is 72.0 Å². The van der Waals surface area contributed by atoms with Crippen molar-refractivity contribution in [2.24, 2.45) is 5.73 Å². The van der Waals surface area contributed by atoms with Crippen LogP contribution in [0.25, 0.3) is 0 Å². The number of nitrogens with zero attached hydrogens (tertiary/aromatic N) is 2. The van der Waals surface area contributed by atoms with E-state index in [2.05, 4.69) is 9.97 Å². The second-order valence-corrected chi connectivity index (χ2v) is 2.78. The number of aryl methyl sites for hydroxylation is 1. The van der Waals surface area contributed by atoms with Crippen LogP contribution < -0.4 is 5.73 Å². The van der Waals surface area contributed by atoms with Crippen LogP contribution in [0.5, 0.6) is 0 Å². The Morgan fingerprint density at radius 2 is 2.42 bits per heavy atom. The third-order valence-electron chi connectivity index (χ3n) is 1.47. The van der Waals surface area contributed by atoms with Crippen molar-refractivity contribution in [1.29, 1.82) is 0 Å². The Kier molecular flexibility index (Phi) is 2.97. The Labute approximate surface area is 75.4 Å². The summed E-state index contributed by atoms with van der Waals surface area (Å²) in [5.74, 6) is 0. The summed E-state index contributed by atoms with van der Waals surface area (Å²) in [5, 5.41) is 9.62. The van der Waals surface area contributed by atoms with Crippen LogP contribution in [0.4, 0.5) is 0 Å². The summed E-state index contributed by atoms with van der Waals surface area (Å²) >= 11 is 5.64. The molecule has 1 rings (SSSR count). The molecule has 0 aliphatic rings. The molecule has 1 aromatic rings. The zero-order chi connectivity index (χ0) is 9.14. The Balaban J connectivity index is 2.96. The molecule has 66 valence electrons. The third kappa shape index (κ3) is 1.91.